The van der Waals surface area contributed by atoms with Gasteiger partial charge in [0.25, 0.3) is 0 Å². The summed E-state index contributed by atoms with van der Waals surface area (Å²) in [6.45, 7) is 2.27. The van der Waals surface area contributed by atoms with Crippen molar-refractivity contribution >= 4 is 27.7 Å². The number of fused-ring (bicyclic) bond motifs is 2. The van der Waals surface area contributed by atoms with Crippen LogP contribution in [0, 0.1) is 0 Å². The molecule has 142 valence electrons. The van der Waals surface area contributed by atoms with Crippen molar-refractivity contribution in [3.63, 3.8) is 0 Å². The molecule has 5 rings (SSSR count). The summed E-state index contributed by atoms with van der Waals surface area (Å²) in [6.07, 6.45) is 2.98. The van der Waals surface area contributed by atoms with Crippen LogP contribution >= 0.6 is 11.8 Å². The van der Waals surface area contributed by atoms with Crippen molar-refractivity contribution in [1.29, 1.82) is 0 Å². The molecule has 1 fully saturated rings. The van der Waals surface area contributed by atoms with Gasteiger partial charge in [0.05, 0.1) is 18.8 Å². The monoisotopic (exact) mass is 389 g/mol. The molecule has 0 bridgehead atoms. The fraction of sp³-hybridized carbons (Fsp3) is 0.304. The molecule has 0 N–H and O–H groups in total. The first-order chi connectivity index (χ1) is 13.8. The van der Waals surface area contributed by atoms with Gasteiger partial charge in [-0.3, -0.25) is 9.98 Å². The van der Waals surface area contributed by atoms with E-state index in [-0.39, 0.29) is 12.1 Å². The van der Waals surface area contributed by atoms with Crippen LogP contribution in [-0.4, -0.2) is 34.0 Å². The van der Waals surface area contributed by atoms with E-state index < -0.39 is 0 Å². The van der Waals surface area contributed by atoms with E-state index in [0.717, 1.165) is 34.2 Å². The van der Waals surface area contributed by atoms with Gasteiger partial charge in [0, 0.05) is 23.4 Å². The van der Waals surface area contributed by atoms with E-state index in [1.165, 1.54) is 10.9 Å². The Kier molecular flexibility index (Phi) is 4.47. The Morgan fingerprint density at radius 2 is 1.89 bits per heavy atom. The maximum Gasteiger partial charge on any atom is 0.160 e. The molecule has 3 heterocycles. The van der Waals surface area contributed by atoms with Gasteiger partial charge in [-0.25, -0.2) is 0 Å². The Balaban J connectivity index is 1.71. The number of ether oxygens (including phenoxy) is 1. The number of aromatic nitrogens is 1. The molecule has 1 saturated heterocycles. The van der Waals surface area contributed by atoms with Gasteiger partial charge in [0.15, 0.2) is 5.17 Å². The van der Waals surface area contributed by atoms with Crippen molar-refractivity contribution in [2.75, 3.05) is 12.9 Å². The number of hydrogen-bond donors (Lipinski definition) is 0. The first-order valence-electron chi connectivity index (χ1n) is 9.77. The number of benzene rings is 2. The normalized spacial score (nSPS) is 23.7. The maximum absolute atomic E-state index is 5.63. The Labute approximate surface area is 169 Å². The van der Waals surface area contributed by atoms with Gasteiger partial charge in [-0.15, -0.1) is 0 Å². The van der Waals surface area contributed by atoms with E-state index >= 15 is 0 Å². The second-order valence-corrected chi connectivity index (χ2v) is 8.23. The van der Waals surface area contributed by atoms with Gasteiger partial charge in [-0.2, -0.15) is 0 Å². The summed E-state index contributed by atoms with van der Waals surface area (Å²) in [6, 6.07) is 19.6. The van der Waals surface area contributed by atoms with E-state index in [1.54, 1.807) is 7.11 Å². The number of amidine groups is 1. The van der Waals surface area contributed by atoms with Crippen LogP contribution in [0.4, 0.5) is 0 Å². The minimum absolute atomic E-state index is 0.00912. The van der Waals surface area contributed by atoms with E-state index in [4.69, 9.17) is 9.73 Å². The topological polar surface area (TPSA) is 37.7 Å². The lowest BCUT2D eigenvalue weighted by molar-refractivity contribution is 0.256. The summed E-state index contributed by atoms with van der Waals surface area (Å²) < 4.78 is 5.63. The molecule has 0 spiro atoms. The lowest BCUT2D eigenvalue weighted by Crippen LogP contribution is -2.35. The molecule has 28 heavy (non-hydrogen) atoms. The molecular formula is C23H23N3OS. The molecular weight excluding hydrogens is 366 g/mol. The van der Waals surface area contributed by atoms with Gasteiger partial charge in [0.1, 0.15) is 11.8 Å². The van der Waals surface area contributed by atoms with Crippen LogP contribution in [-0.2, 0) is 0 Å². The van der Waals surface area contributed by atoms with Crippen molar-refractivity contribution in [3.8, 4) is 5.75 Å². The second kappa shape index (κ2) is 7.13. The molecule has 3 atom stereocenters. The predicted molar refractivity (Wildman–Crippen MR) is 116 cm³/mol. The number of methoxy groups -OCH3 is 1. The fourth-order valence-corrected chi connectivity index (χ4v) is 5.75. The number of nitrogens with zero attached hydrogens (tertiary/aromatic N) is 3. The van der Waals surface area contributed by atoms with Crippen LogP contribution in [0.1, 0.15) is 36.7 Å². The van der Waals surface area contributed by atoms with Crippen molar-refractivity contribution in [2.24, 2.45) is 4.99 Å². The minimum atomic E-state index is 0.00912. The lowest BCUT2D eigenvalue weighted by atomic mass is 9.91. The largest absolute Gasteiger partial charge is 0.496 e. The van der Waals surface area contributed by atoms with Crippen molar-refractivity contribution in [1.82, 2.24) is 9.88 Å². The highest BCUT2D eigenvalue weighted by Gasteiger charge is 2.45. The van der Waals surface area contributed by atoms with E-state index in [2.05, 4.69) is 65.3 Å². The maximum atomic E-state index is 5.63. The molecule has 0 unspecified atom stereocenters. The number of pyridine rings is 1. The van der Waals surface area contributed by atoms with Crippen LogP contribution in [0.25, 0.3) is 10.8 Å². The zero-order chi connectivity index (χ0) is 19.1. The number of rotatable bonds is 4. The molecule has 5 heteroatoms. The summed E-state index contributed by atoms with van der Waals surface area (Å²) in [5.74, 6) is 2.02. The van der Waals surface area contributed by atoms with Crippen LogP contribution < -0.4 is 4.74 Å². The Hall–Kier alpha value is -2.53. The summed E-state index contributed by atoms with van der Waals surface area (Å²) in [5, 5.41) is 3.54. The van der Waals surface area contributed by atoms with E-state index in [9.17, 15) is 0 Å². The fourth-order valence-electron chi connectivity index (χ4n) is 4.42. The zero-order valence-electron chi connectivity index (χ0n) is 16.1. The van der Waals surface area contributed by atoms with Gasteiger partial charge >= 0.3 is 0 Å². The van der Waals surface area contributed by atoms with E-state index in [0.29, 0.717) is 6.04 Å². The molecule has 2 aromatic carbocycles. The number of thioether (sulfide) groups is 1. The zero-order valence-corrected chi connectivity index (χ0v) is 16.9. The van der Waals surface area contributed by atoms with Crippen LogP contribution in [0.15, 0.2) is 65.8 Å². The number of aliphatic imine (C=N–C) groups is 1. The molecule has 3 aromatic rings. The lowest BCUT2D eigenvalue weighted by Gasteiger charge is -2.32. The first kappa shape index (κ1) is 17.6. The molecule has 4 nitrogen and oxygen atoms in total. The first-order valence-corrected chi connectivity index (χ1v) is 10.8. The second-order valence-electron chi connectivity index (χ2n) is 7.24. The Morgan fingerprint density at radius 1 is 1.07 bits per heavy atom. The standard InChI is InChI=1S/C23H23N3OS/c1-3-15-14-28-23-25-21(19-10-6-7-13-24-19)22(26(15)23)18-11-12-20(27-2)17-9-5-4-8-16(17)18/h4-13,15,21-22H,3,14H2,1-2H3/t15-,21-,22+/m0/s1. The van der Waals surface area contributed by atoms with Crippen LogP contribution in [0.3, 0.4) is 0 Å². The smallest absolute Gasteiger partial charge is 0.160 e. The summed E-state index contributed by atoms with van der Waals surface area (Å²) in [7, 11) is 1.74. The van der Waals surface area contributed by atoms with Crippen molar-refractivity contribution in [2.45, 2.75) is 31.5 Å². The minimum Gasteiger partial charge on any atom is -0.496 e. The molecule has 0 saturated carbocycles. The van der Waals surface area contributed by atoms with E-state index in [1.807, 2.05) is 24.0 Å². The molecule has 2 aliphatic rings. The molecule has 2 aliphatic heterocycles. The third kappa shape index (κ3) is 2.68. The summed E-state index contributed by atoms with van der Waals surface area (Å²) in [5.41, 5.74) is 2.33. The van der Waals surface area contributed by atoms with Gasteiger partial charge in [0.2, 0.25) is 0 Å². The third-order valence-electron chi connectivity index (χ3n) is 5.79. The van der Waals surface area contributed by atoms with Crippen LogP contribution in [0.5, 0.6) is 5.75 Å². The highest BCUT2D eigenvalue weighted by atomic mass is 32.2. The summed E-state index contributed by atoms with van der Waals surface area (Å²) >= 11 is 1.88. The van der Waals surface area contributed by atoms with Gasteiger partial charge in [-0.05, 0) is 35.6 Å². The van der Waals surface area contributed by atoms with Crippen molar-refractivity contribution in [3.05, 3.63) is 72.1 Å². The Morgan fingerprint density at radius 3 is 2.64 bits per heavy atom. The van der Waals surface area contributed by atoms with Crippen LogP contribution in [0.2, 0.25) is 0 Å². The summed E-state index contributed by atoms with van der Waals surface area (Å²) in [4.78, 5) is 12.3. The molecule has 1 aromatic heterocycles. The Bertz CT molecular complexity index is 1040. The number of hydrogen-bond acceptors (Lipinski definition) is 5. The molecule has 0 amide bonds. The highest BCUT2D eigenvalue weighted by Crippen LogP contribution is 2.50. The van der Waals surface area contributed by atoms with Gasteiger partial charge < -0.3 is 9.64 Å². The quantitative estimate of drug-likeness (QED) is 0.613. The van der Waals surface area contributed by atoms with Crippen molar-refractivity contribution < 1.29 is 4.74 Å². The SMILES string of the molecule is CC[C@H]1CSC2=N[C@@H](c3ccccn3)[C@@H](c3ccc(OC)c4ccccc34)N21. The molecule has 0 aliphatic carbocycles. The average molecular weight is 390 g/mol. The predicted octanol–water partition coefficient (Wildman–Crippen LogP) is 5.22. The third-order valence-corrected chi connectivity index (χ3v) is 6.91. The highest BCUT2D eigenvalue weighted by molar-refractivity contribution is 8.14. The molecule has 0 radical (unpaired) electrons. The average Bonchev–Trinajstić information content (AvgIpc) is 3.33. The van der Waals surface area contributed by atoms with Gasteiger partial charge in [-0.1, -0.05) is 55.1 Å².